The highest BCUT2D eigenvalue weighted by molar-refractivity contribution is 6.30. The number of nitrogens with zero attached hydrogens (tertiary/aromatic N) is 3. The van der Waals surface area contributed by atoms with Crippen LogP contribution in [0, 0.1) is 0 Å². The Kier molecular flexibility index (Phi) is 4.75. The molecule has 0 spiro atoms. The van der Waals surface area contributed by atoms with E-state index in [0.717, 1.165) is 22.0 Å². The third-order valence-electron chi connectivity index (χ3n) is 5.37. The molecule has 2 N–H and O–H groups in total. The van der Waals surface area contributed by atoms with Gasteiger partial charge in [0.25, 0.3) is 0 Å². The van der Waals surface area contributed by atoms with Crippen molar-refractivity contribution in [1.82, 2.24) is 19.7 Å². The van der Waals surface area contributed by atoms with Crippen molar-refractivity contribution in [2.45, 2.75) is 19.9 Å². The Morgan fingerprint density at radius 1 is 1.19 bits per heavy atom. The molecule has 2 aromatic heterocycles. The molecule has 31 heavy (non-hydrogen) atoms. The van der Waals surface area contributed by atoms with Crippen molar-refractivity contribution in [3.05, 3.63) is 76.6 Å². The molecule has 4 aromatic rings. The van der Waals surface area contributed by atoms with Crippen molar-refractivity contribution < 1.29 is 9.53 Å². The summed E-state index contributed by atoms with van der Waals surface area (Å²) in [5.74, 6) is 0.727. The number of esters is 1. The van der Waals surface area contributed by atoms with E-state index in [9.17, 15) is 4.79 Å². The van der Waals surface area contributed by atoms with E-state index < -0.39 is 6.04 Å². The molecule has 156 valence electrons. The third-order valence-corrected chi connectivity index (χ3v) is 5.62. The molecule has 0 saturated carbocycles. The highest BCUT2D eigenvalue weighted by Crippen LogP contribution is 2.39. The number of ether oxygens (including phenoxy) is 1. The lowest BCUT2D eigenvalue weighted by molar-refractivity contribution is -0.139. The summed E-state index contributed by atoms with van der Waals surface area (Å²) >= 11 is 6.03. The van der Waals surface area contributed by atoms with Crippen molar-refractivity contribution in [1.29, 1.82) is 0 Å². The molecule has 2 aromatic carbocycles. The topological polar surface area (TPSA) is 84.8 Å². The molecule has 3 heterocycles. The number of para-hydroxylation sites is 1. The first-order chi connectivity index (χ1) is 15.1. The maximum atomic E-state index is 13.0. The molecule has 1 unspecified atom stereocenters. The van der Waals surface area contributed by atoms with Crippen LogP contribution in [0.5, 0.6) is 0 Å². The van der Waals surface area contributed by atoms with Crippen LogP contribution >= 0.6 is 11.6 Å². The van der Waals surface area contributed by atoms with Gasteiger partial charge in [-0.2, -0.15) is 4.98 Å². The largest absolute Gasteiger partial charge is 0.463 e. The van der Waals surface area contributed by atoms with E-state index in [4.69, 9.17) is 21.4 Å². The van der Waals surface area contributed by atoms with Gasteiger partial charge in [-0.15, -0.1) is 5.10 Å². The second-order valence-corrected chi connectivity index (χ2v) is 7.72. The van der Waals surface area contributed by atoms with Crippen molar-refractivity contribution >= 4 is 34.4 Å². The molecule has 0 saturated heterocycles. The predicted octanol–water partition coefficient (Wildman–Crippen LogP) is 4.93. The van der Waals surface area contributed by atoms with Gasteiger partial charge >= 0.3 is 5.97 Å². The van der Waals surface area contributed by atoms with E-state index in [-0.39, 0.29) is 12.6 Å². The average Bonchev–Trinajstić information content (AvgIpc) is 3.37. The first kappa shape index (κ1) is 19.4. The zero-order valence-corrected chi connectivity index (χ0v) is 17.8. The number of allylic oxidation sites excluding steroid dienone is 1. The molecule has 0 radical (unpaired) electrons. The van der Waals surface area contributed by atoms with E-state index in [2.05, 4.69) is 15.3 Å². The summed E-state index contributed by atoms with van der Waals surface area (Å²) in [4.78, 5) is 20.9. The van der Waals surface area contributed by atoms with E-state index in [1.807, 2.05) is 49.5 Å². The van der Waals surface area contributed by atoms with E-state index in [1.165, 1.54) is 0 Å². The number of nitrogens with one attached hydrogen (secondary N) is 2. The van der Waals surface area contributed by atoms with Gasteiger partial charge in [-0.05, 0) is 44.2 Å². The smallest absolute Gasteiger partial charge is 0.338 e. The first-order valence-corrected chi connectivity index (χ1v) is 10.4. The van der Waals surface area contributed by atoms with E-state index in [0.29, 0.717) is 28.1 Å². The number of anilines is 1. The minimum Gasteiger partial charge on any atom is -0.463 e. The lowest BCUT2D eigenvalue weighted by Crippen LogP contribution is -2.29. The Morgan fingerprint density at radius 2 is 1.97 bits per heavy atom. The zero-order chi connectivity index (χ0) is 21.5. The number of benzene rings is 2. The second kappa shape index (κ2) is 7.59. The molecule has 0 fully saturated rings. The Balaban J connectivity index is 1.70. The number of carbonyl (C=O) groups excluding carboxylic acids is 1. The number of aromatic amines is 1. The lowest BCUT2D eigenvalue weighted by Gasteiger charge is -2.27. The van der Waals surface area contributed by atoms with Crippen LogP contribution < -0.4 is 5.32 Å². The lowest BCUT2D eigenvalue weighted by atomic mass is 9.95. The van der Waals surface area contributed by atoms with E-state index in [1.54, 1.807) is 23.7 Å². The number of hydrogen-bond donors (Lipinski definition) is 2. The van der Waals surface area contributed by atoms with Crippen LogP contribution in [-0.4, -0.2) is 32.3 Å². The highest BCUT2D eigenvalue weighted by Gasteiger charge is 2.36. The molecule has 8 heteroatoms. The molecular formula is C23H20ClN5O2. The van der Waals surface area contributed by atoms with Crippen molar-refractivity contribution in [3.63, 3.8) is 0 Å². The SMILES string of the molecule is CCOC(=O)C1=C(C)Nc2nc(-c3ccc(Cl)cc3)nn2C1c1c[nH]c2ccccc12. The zero-order valence-electron chi connectivity index (χ0n) is 17.0. The normalized spacial score (nSPS) is 15.6. The summed E-state index contributed by atoms with van der Waals surface area (Å²) in [7, 11) is 0. The van der Waals surface area contributed by atoms with Gasteiger partial charge in [0.15, 0.2) is 5.82 Å². The van der Waals surface area contributed by atoms with Crippen LogP contribution in [0.1, 0.15) is 25.5 Å². The summed E-state index contributed by atoms with van der Waals surface area (Å²) in [6, 6.07) is 14.8. The standard InChI is InChI=1S/C23H20ClN5O2/c1-3-31-22(30)19-13(2)26-23-27-21(14-8-10-15(24)11-9-14)28-29(23)20(19)17-12-25-18-7-5-4-6-16(17)18/h4-12,20,25H,3H2,1-2H3,(H,26,27,28). The van der Waals surface area contributed by atoms with Gasteiger partial charge < -0.3 is 15.0 Å². The van der Waals surface area contributed by atoms with Crippen LogP contribution in [0.2, 0.25) is 5.02 Å². The van der Waals surface area contributed by atoms with Gasteiger partial charge in [-0.3, -0.25) is 0 Å². The Labute approximate surface area is 183 Å². The highest BCUT2D eigenvalue weighted by atomic mass is 35.5. The third kappa shape index (κ3) is 3.27. The Bertz CT molecular complexity index is 1320. The monoisotopic (exact) mass is 433 g/mol. The summed E-state index contributed by atoms with van der Waals surface area (Å²) in [5, 5.41) is 9.64. The van der Waals surface area contributed by atoms with Crippen LogP contribution in [-0.2, 0) is 9.53 Å². The van der Waals surface area contributed by atoms with Crippen LogP contribution in [0.3, 0.4) is 0 Å². The number of H-pyrrole nitrogens is 1. The van der Waals surface area contributed by atoms with E-state index >= 15 is 0 Å². The Morgan fingerprint density at radius 3 is 2.74 bits per heavy atom. The fraction of sp³-hybridized carbons (Fsp3) is 0.174. The predicted molar refractivity (Wildman–Crippen MR) is 120 cm³/mol. The fourth-order valence-corrected chi connectivity index (χ4v) is 4.08. The number of halogens is 1. The van der Waals surface area contributed by atoms with Crippen LogP contribution in [0.15, 0.2) is 66.0 Å². The number of fused-ring (bicyclic) bond motifs is 2. The maximum absolute atomic E-state index is 13.0. The number of hydrogen-bond acceptors (Lipinski definition) is 5. The summed E-state index contributed by atoms with van der Waals surface area (Å²) in [6.45, 7) is 3.94. The molecule has 5 rings (SSSR count). The maximum Gasteiger partial charge on any atom is 0.338 e. The van der Waals surface area contributed by atoms with Crippen LogP contribution in [0.25, 0.3) is 22.3 Å². The molecule has 0 aliphatic carbocycles. The Hall–Kier alpha value is -3.58. The van der Waals surface area contributed by atoms with Gasteiger partial charge in [0, 0.05) is 38.9 Å². The fourth-order valence-electron chi connectivity index (χ4n) is 3.95. The van der Waals surface area contributed by atoms with Gasteiger partial charge in [0.05, 0.1) is 12.2 Å². The number of aromatic nitrogens is 4. The number of rotatable bonds is 4. The molecule has 0 amide bonds. The minimum atomic E-state index is -0.486. The second-order valence-electron chi connectivity index (χ2n) is 7.29. The average molecular weight is 434 g/mol. The van der Waals surface area contributed by atoms with Gasteiger partial charge in [0.1, 0.15) is 6.04 Å². The first-order valence-electron chi connectivity index (χ1n) is 10.00. The molecular weight excluding hydrogens is 414 g/mol. The number of carbonyl (C=O) groups is 1. The summed E-state index contributed by atoms with van der Waals surface area (Å²) < 4.78 is 7.14. The molecule has 7 nitrogen and oxygen atoms in total. The van der Waals surface area contributed by atoms with Crippen molar-refractivity contribution in [2.75, 3.05) is 11.9 Å². The van der Waals surface area contributed by atoms with Gasteiger partial charge in [-0.25, -0.2) is 9.48 Å². The van der Waals surface area contributed by atoms with Crippen molar-refractivity contribution in [3.8, 4) is 11.4 Å². The quantitative estimate of drug-likeness (QED) is 0.445. The summed E-state index contributed by atoms with van der Waals surface area (Å²) in [5.41, 5.74) is 3.94. The van der Waals surface area contributed by atoms with Gasteiger partial charge in [0.2, 0.25) is 5.95 Å². The summed E-state index contributed by atoms with van der Waals surface area (Å²) in [6.07, 6.45) is 1.92. The van der Waals surface area contributed by atoms with Gasteiger partial charge in [-0.1, -0.05) is 29.8 Å². The molecule has 1 aliphatic heterocycles. The minimum absolute atomic E-state index is 0.288. The molecule has 1 aliphatic rings. The molecule has 1 atom stereocenters. The molecule has 0 bridgehead atoms. The van der Waals surface area contributed by atoms with Crippen molar-refractivity contribution in [2.24, 2.45) is 0 Å². The van der Waals surface area contributed by atoms with Crippen LogP contribution in [0.4, 0.5) is 5.95 Å².